The van der Waals surface area contributed by atoms with Crippen LogP contribution in [-0.4, -0.2) is 53.2 Å². The Morgan fingerprint density at radius 3 is 2.73 bits per heavy atom. The normalized spacial score (nSPS) is 22.9. The zero-order valence-corrected chi connectivity index (χ0v) is 15.5. The molecule has 1 aliphatic heterocycles. The minimum Gasteiger partial charge on any atom is -0.464 e. The predicted octanol–water partition coefficient (Wildman–Crippen LogP) is 3.76. The van der Waals surface area contributed by atoms with Crippen LogP contribution in [0.25, 0.3) is 11.3 Å². The van der Waals surface area contributed by atoms with Crippen LogP contribution in [-0.2, 0) is 6.54 Å². The minimum absolute atomic E-state index is 0.287. The van der Waals surface area contributed by atoms with Gasteiger partial charge in [0.05, 0.1) is 6.26 Å². The number of furan rings is 1. The lowest BCUT2D eigenvalue weighted by Crippen LogP contribution is -2.55. The Labute approximate surface area is 156 Å². The van der Waals surface area contributed by atoms with Gasteiger partial charge in [-0.15, -0.1) is 0 Å². The highest BCUT2D eigenvalue weighted by atomic mass is 16.3. The maximum absolute atomic E-state index is 9.54. The predicted molar refractivity (Wildman–Crippen MR) is 104 cm³/mol. The van der Waals surface area contributed by atoms with Crippen molar-refractivity contribution in [3.8, 4) is 11.3 Å². The second-order valence-electron chi connectivity index (χ2n) is 7.76. The molecule has 2 aromatic rings. The van der Waals surface area contributed by atoms with Crippen molar-refractivity contribution < 1.29 is 9.52 Å². The van der Waals surface area contributed by atoms with Gasteiger partial charge in [0.15, 0.2) is 0 Å². The fourth-order valence-corrected chi connectivity index (χ4v) is 4.72. The average Bonchev–Trinajstić information content (AvgIpc) is 3.37. The Morgan fingerprint density at radius 2 is 1.96 bits per heavy atom. The fraction of sp³-hybridized carbons (Fsp3) is 0.545. The molecule has 1 saturated carbocycles. The number of aliphatic hydroxyl groups excluding tert-OH is 1. The summed E-state index contributed by atoms with van der Waals surface area (Å²) < 4.78 is 5.54. The Bertz CT molecular complexity index is 679. The van der Waals surface area contributed by atoms with E-state index in [2.05, 4.69) is 34.1 Å². The lowest BCUT2D eigenvalue weighted by atomic mass is 10.0. The molecule has 1 atom stereocenters. The zero-order valence-electron chi connectivity index (χ0n) is 15.5. The van der Waals surface area contributed by atoms with E-state index in [1.54, 1.807) is 6.26 Å². The highest BCUT2D eigenvalue weighted by Gasteiger charge is 2.32. The van der Waals surface area contributed by atoms with Crippen LogP contribution in [0.15, 0.2) is 47.1 Å². The van der Waals surface area contributed by atoms with Gasteiger partial charge >= 0.3 is 0 Å². The Hall–Kier alpha value is -1.62. The Kier molecular flexibility index (Phi) is 5.73. The van der Waals surface area contributed by atoms with Crippen molar-refractivity contribution in [3.05, 3.63) is 48.2 Å². The van der Waals surface area contributed by atoms with Gasteiger partial charge in [0.2, 0.25) is 0 Å². The first kappa shape index (κ1) is 17.8. The molecule has 0 spiro atoms. The van der Waals surface area contributed by atoms with Crippen molar-refractivity contribution in [1.29, 1.82) is 0 Å². The summed E-state index contributed by atoms with van der Waals surface area (Å²) in [5.74, 6) is 0.927. The molecule has 0 radical (unpaired) electrons. The van der Waals surface area contributed by atoms with Gasteiger partial charge in [-0.25, -0.2) is 0 Å². The van der Waals surface area contributed by atoms with E-state index in [1.807, 2.05) is 12.1 Å². The smallest absolute Gasteiger partial charge is 0.133 e. The molecular weight excluding hydrogens is 324 g/mol. The van der Waals surface area contributed by atoms with Crippen LogP contribution in [0.3, 0.4) is 0 Å². The molecule has 1 saturated heterocycles. The van der Waals surface area contributed by atoms with Crippen LogP contribution in [0.5, 0.6) is 0 Å². The molecule has 2 fully saturated rings. The van der Waals surface area contributed by atoms with Crippen molar-refractivity contribution >= 4 is 0 Å². The lowest BCUT2D eigenvalue weighted by Gasteiger charge is -2.44. The zero-order chi connectivity index (χ0) is 17.8. The van der Waals surface area contributed by atoms with Gasteiger partial charge in [-0.1, -0.05) is 31.0 Å². The summed E-state index contributed by atoms with van der Waals surface area (Å²) >= 11 is 0. The quantitative estimate of drug-likeness (QED) is 0.857. The van der Waals surface area contributed by atoms with Gasteiger partial charge in [-0.2, -0.15) is 0 Å². The molecule has 2 heterocycles. The number of hydrogen-bond acceptors (Lipinski definition) is 4. The van der Waals surface area contributed by atoms with Crippen LogP contribution in [0.2, 0.25) is 0 Å². The van der Waals surface area contributed by atoms with Gasteiger partial charge in [0.25, 0.3) is 0 Å². The molecule has 4 rings (SSSR count). The lowest BCUT2D eigenvalue weighted by molar-refractivity contribution is 0.0267. The third-order valence-electron chi connectivity index (χ3n) is 6.01. The van der Waals surface area contributed by atoms with Gasteiger partial charge in [-0.05, 0) is 43.0 Å². The van der Waals surface area contributed by atoms with Crippen LogP contribution >= 0.6 is 0 Å². The molecular formula is C22H30N2O2. The molecule has 2 aliphatic rings. The van der Waals surface area contributed by atoms with Crippen molar-refractivity contribution in [3.63, 3.8) is 0 Å². The van der Waals surface area contributed by atoms with Gasteiger partial charge in [-0.3, -0.25) is 9.80 Å². The van der Waals surface area contributed by atoms with E-state index in [-0.39, 0.29) is 6.61 Å². The summed E-state index contributed by atoms with van der Waals surface area (Å²) in [5.41, 5.74) is 2.47. The van der Waals surface area contributed by atoms with Gasteiger partial charge in [0.1, 0.15) is 5.76 Å². The number of piperazine rings is 1. The van der Waals surface area contributed by atoms with Crippen molar-refractivity contribution in [2.24, 2.45) is 0 Å². The summed E-state index contributed by atoms with van der Waals surface area (Å²) in [6.07, 6.45) is 8.04. The first-order valence-corrected chi connectivity index (χ1v) is 10.1. The maximum atomic E-state index is 9.54. The molecule has 0 bridgehead atoms. The maximum Gasteiger partial charge on any atom is 0.133 e. The van der Waals surface area contributed by atoms with E-state index in [0.717, 1.165) is 50.0 Å². The van der Waals surface area contributed by atoms with E-state index in [0.29, 0.717) is 6.04 Å². The van der Waals surface area contributed by atoms with Crippen LogP contribution in [0.4, 0.5) is 0 Å². The van der Waals surface area contributed by atoms with Crippen molar-refractivity contribution in [2.45, 2.75) is 50.7 Å². The van der Waals surface area contributed by atoms with Crippen LogP contribution in [0, 0.1) is 0 Å². The SMILES string of the molecule is OCCC1CN(Cc2cccc(-c3ccco3)c2)CCN1C1CCCC1. The third kappa shape index (κ3) is 4.03. The summed E-state index contributed by atoms with van der Waals surface area (Å²) in [6, 6.07) is 13.9. The van der Waals surface area contributed by atoms with E-state index in [4.69, 9.17) is 4.42 Å². The number of rotatable bonds is 6. The molecule has 4 nitrogen and oxygen atoms in total. The Balaban J connectivity index is 1.42. The molecule has 1 unspecified atom stereocenters. The number of benzene rings is 1. The van der Waals surface area contributed by atoms with E-state index >= 15 is 0 Å². The Morgan fingerprint density at radius 1 is 1.08 bits per heavy atom. The topological polar surface area (TPSA) is 39.9 Å². The molecule has 0 amide bonds. The molecule has 26 heavy (non-hydrogen) atoms. The van der Waals surface area contributed by atoms with Gasteiger partial charge < -0.3 is 9.52 Å². The first-order chi connectivity index (χ1) is 12.8. The summed E-state index contributed by atoms with van der Waals surface area (Å²) in [5, 5.41) is 9.54. The molecule has 4 heteroatoms. The minimum atomic E-state index is 0.287. The fourth-order valence-electron chi connectivity index (χ4n) is 4.72. The van der Waals surface area contributed by atoms with Crippen LogP contribution < -0.4 is 0 Å². The monoisotopic (exact) mass is 354 g/mol. The van der Waals surface area contributed by atoms with E-state index < -0.39 is 0 Å². The molecule has 1 N–H and O–H groups in total. The number of hydrogen-bond donors (Lipinski definition) is 1. The third-order valence-corrected chi connectivity index (χ3v) is 6.01. The summed E-state index contributed by atoms with van der Waals surface area (Å²) in [4.78, 5) is 5.24. The van der Waals surface area contributed by atoms with Gasteiger partial charge in [0, 0.05) is 50.4 Å². The number of nitrogens with zero attached hydrogens (tertiary/aromatic N) is 2. The average molecular weight is 354 g/mol. The first-order valence-electron chi connectivity index (χ1n) is 10.1. The van der Waals surface area contributed by atoms with E-state index in [9.17, 15) is 5.11 Å². The number of aliphatic hydroxyl groups is 1. The van der Waals surface area contributed by atoms with E-state index in [1.165, 1.54) is 31.2 Å². The summed E-state index contributed by atoms with van der Waals surface area (Å²) in [6.45, 7) is 4.56. The molecule has 140 valence electrons. The van der Waals surface area contributed by atoms with Crippen LogP contribution in [0.1, 0.15) is 37.7 Å². The molecule has 1 aromatic heterocycles. The summed E-state index contributed by atoms with van der Waals surface area (Å²) in [7, 11) is 0. The standard InChI is InChI=1S/C22H30N2O2/c25-13-10-21-17-23(11-12-24(21)20-7-1-2-8-20)16-18-5-3-6-19(15-18)22-9-4-14-26-22/h3-6,9,14-15,20-21,25H,1-2,7-8,10-13,16-17H2. The molecule has 1 aliphatic carbocycles. The van der Waals surface area contributed by atoms with Crippen molar-refractivity contribution in [2.75, 3.05) is 26.2 Å². The second kappa shape index (κ2) is 8.38. The second-order valence-corrected chi connectivity index (χ2v) is 7.76. The highest BCUT2D eigenvalue weighted by molar-refractivity contribution is 5.58. The highest BCUT2D eigenvalue weighted by Crippen LogP contribution is 2.28. The largest absolute Gasteiger partial charge is 0.464 e. The van der Waals surface area contributed by atoms with Crippen molar-refractivity contribution in [1.82, 2.24) is 9.80 Å². The molecule has 1 aromatic carbocycles.